The Labute approximate surface area is 123 Å². The molecule has 0 unspecified atom stereocenters. The van der Waals surface area contributed by atoms with Crippen LogP contribution < -0.4 is 5.32 Å². The smallest absolute Gasteiger partial charge is 0.311 e. The van der Waals surface area contributed by atoms with Crippen LogP contribution in [0.1, 0.15) is 24.6 Å². The summed E-state index contributed by atoms with van der Waals surface area (Å²) >= 11 is 1.12. The molecule has 2 nitrogen and oxygen atoms in total. The molecule has 0 bridgehead atoms. The molecular weight excluding hydrogens is 304 g/mol. The Hall–Kier alpha value is -1.47. The van der Waals surface area contributed by atoms with Gasteiger partial charge in [-0.1, -0.05) is 6.92 Å². The maximum Gasteiger partial charge on any atom is 0.417 e. The number of nitrogens with zero attached hydrogens (tertiary/aromatic N) is 1. The van der Waals surface area contributed by atoms with Crippen molar-refractivity contribution in [3.05, 3.63) is 40.7 Å². The molecule has 1 heterocycles. The van der Waals surface area contributed by atoms with Crippen LogP contribution in [0.15, 0.2) is 23.6 Å². The van der Waals surface area contributed by atoms with Gasteiger partial charge in [0.25, 0.3) is 0 Å². The minimum Gasteiger partial charge on any atom is -0.311 e. The summed E-state index contributed by atoms with van der Waals surface area (Å²) in [6.45, 7) is 3.34. The normalized spacial score (nSPS) is 11.9. The lowest BCUT2D eigenvalue weighted by Gasteiger charge is -2.11. The Morgan fingerprint density at radius 2 is 2.05 bits per heavy atom. The van der Waals surface area contributed by atoms with Crippen molar-refractivity contribution < 1.29 is 17.6 Å². The zero-order valence-electron chi connectivity index (χ0n) is 11.3. The number of hydrogen-bond donors (Lipinski definition) is 1. The van der Waals surface area contributed by atoms with Crippen molar-refractivity contribution >= 4 is 11.3 Å². The van der Waals surface area contributed by atoms with E-state index in [1.807, 2.05) is 6.92 Å². The number of aromatic nitrogens is 1. The van der Waals surface area contributed by atoms with Gasteiger partial charge < -0.3 is 5.32 Å². The van der Waals surface area contributed by atoms with Gasteiger partial charge in [0, 0.05) is 17.5 Å². The largest absolute Gasteiger partial charge is 0.417 e. The first kappa shape index (κ1) is 15.9. The summed E-state index contributed by atoms with van der Waals surface area (Å²) in [7, 11) is 0. The molecule has 0 atom stereocenters. The summed E-state index contributed by atoms with van der Waals surface area (Å²) in [4.78, 5) is 4.19. The Kier molecular flexibility index (Phi) is 4.95. The lowest BCUT2D eigenvalue weighted by Crippen LogP contribution is -2.14. The molecule has 0 fully saturated rings. The first-order valence-electron chi connectivity index (χ1n) is 6.44. The van der Waals surface area contributed by atoms with Gasteiger partial charge in [0.05, 0.1) is 11.3 Å². The molecule has 2 aromatic rings. The molecule has 0 aliphatic rings. The highest BCUT2D eigenvalue weighted by Gasteiger charge is 2.34. The van der Waals surface area contributed by atoms with Gasteiger partial charge in [-0.15, -0.1) is 11.3 Å². The van der Waals surface area contributed by atoms with Crippen molar-refractivity contribution in [1.82, 2.24) is 10.3 Å². The second-order valence-electron chi connectivity index (χ2n) is 4.51. The Morgan fingerprint density at radius 1 is 1.29 bits per heavy atom. The molecular formula is C14H14F4N2S. The van der Waals surface area contributed by atoms with Crippen molar-refractivity contribution in [2.24, 2.45) is 0 Å². The van der Waals surface area contributed by atoms with Crippen LogP contribution in [-0.2, 0) is 12.7 Å². The van der Waals surface area contributed by atoms with Crippen LogP contribution in [0.4, 0.5) is 17.6 Å². The number of rotatable bonds is 5. The van der Waals surface area contributed by atoms with E-state index in [2.05, 4.69) is 10.3 Å². The van der Waals surface area contributed by atoms with E-state index in [4.69, 9.17) is 0 Å². The van der Waals surface area contributed by atoms with E-state index in [0.29, 0.717) is 18.3 Å². The third-order valence-electron chi connectivity index (χ3n) is 2.80. The summed E-state index contributed by atoms with van der Waals surface area (Å²) in [5.74, 6) is -0.910. The second-order valence-corrected chi connectivity index (χ2v) is 5.37. The van der Waals surface area contributed by atoms with E-state index < -0.39 is 17.6 Å². The molecule has 0 saturated carbocycles. The highest BCUT2D eigenvalue weighted by Crippen LogP contribution is 2.38. The molecule has 1 N–H and O–H groups in total. The van der Waals surface area contributed by atoms with Crippen molar-refractivity contribution in [1.29, 1.82) is 0 Å². The molecule has 1 aromatic heterocycles. The van der Waals surface area contributed by atoms with Crippen LogP contribution in [0.3, 0.4) is 0 Å². The lowest BCUT2D eigenvalue weighted by atomic mass is 10.1. The monoisotopic (exact) mass is 318 g/mol. The van der Waals surface area contributed by atoms with E-state index in [0.717, 1.165) is 36.4 Å². The van der Waals surface area contributed by atoms with Gasteiger partial charge in [0.2, 0.25) is 0 Å². The summed E-state index contributed by atoms with van der Waals surface area (Å²) in [6, 6.07) is 2.65. The zero-order chi connectivity index (χ0) is 15.5. The lowest BCUT2D eigenvalue weighted by molar-refractivity contribution is -0.137. The zero-order valence-corrected chi connectivity index (χ0v) is 12.1. The fourth-order valence-electron chi connectivity index (χ4n) is 1.84. The van der Waals surface area contributed by atoms with Gasteiger partial charge in [-0.05, 0) is 31.2 Å². The fraction of sp³-hybridized carbons (Fsp3) is 0.357. The van der Waals surface area contributed by atoms with E-state index in [1.54, 1.807) is 5.38 Å². The summed E-state index contributed by atoms with van der Waals surface area (Å²) in [6.07, 6.45) is -3.64. The predicted octanol–water partition coefficient (Wildman–Crippen LogP) is 4.47. The number of nitrogens with one attached hydrogen (secondary N) is 1. The first-order valence-corrected chi connectivity index (χ1v) is 7.32. The molecule has 2 rings (SSSR count). The van der Waals surface area contributed by atoms with E-state index in [-0.39, 0.29) is 10.6 Å². The van der Waals surface area contributed by atoms with E-state index in [1.165, 1.54) is 0 Å². The molecule has 0 saturated heterocycles. The molecule has 114 valence electrons. The molecule has 21 heavy (non-hydrogen) atoms. The highest BCUT2D eigenvalue weighted by atomic mass is 32.1. The quantitative estimate of drug-likeness (QED) is 0.650. The first-order chi connectivity index (χ1) is 9.91. The van der Waals surface area contributed by atoms with Crippen molar-refractivity contribution in [2.75, 3.05) is 6.54 Å². The standard InChI is InChI=1S/C14H14F4N2S/c1-2-5-19-7-10-8-21-13(20-10)11-4-3-9(15)6-12(11)14(16,17)18/h3-4,6,8,19H,2,5,7H2,1H3. The van der Waals surface area contributed by atoms with Crippen LogP contribution >= 0.6 is 11.3 Å². The number of alkyl halides is 3. The molecule has 7 heteroatoms. The summed E-state index contributed by atoms with van der Waals surface area (Å²) in [5.41, 5.74) is -0.401. The molecule has 0 radical (unpaired) electrons. The molecule has 1 aromatic carbocycles. The highest BCUT2D eigenvalue weighted by molar-refractivity contribution is 7.13. The van der Waals surface area contributed by atoms with Crippen molar-refractivity contribution in [3.8, 4) is 10.6 Å². The topological polar surface area (TPSA) is 24.9 Å². The molecule has 0 spiro atoms. The van der Waals surface area contributed by atoms with Gasteiger partial charge in [-0.2, -0.15) is 13.2 Å². The SMILES string of the molecule is CCCNCc1csc(-c2ccc(F)cc2C(F)(F)F)n1. The van der Waals surface area contributed by atoms with Crippen molar-refractivity contribution in [3.63, 3.8) is 0 Å². The van der Waals surface area contributed by atoms with Gasteiger partial charge in [0.1, 0.15) is 10.8 Å². The number of thiazole rings is 1. The average Bonchev–Trinajstić information content (AvgIpc) is 2.87. The number of halogens is 4. The third-order valence-corrected chi connectivity index (χ3v) is 3.73. The maximum absolute atomic E-state index is 13.1. The average molecular weight is 318 g/mol. The van der Waals surface area contributed by atoms with E-state index in [9.17, 15) is 17.6 Å². The minimum absolute atomic E-state index is 0.0874. The van der Waals surface area contributed by atoms with Crippen LogP contribution in [0.5, 0.6) is 0 Å². The van der Waals surface area contributed by atoms with Crippen LogP contribution in [0.2, 0.25) is 0 Å². The van der Waals surface area contributed by atoms with Gasteiger partial charge in [0.15, 0.2) is 0 Å². The van der Waals surface area contributed by atoms with Crippen LogP contribution in [0.25, 0.3) is 10.6 Å². The number of benzene rings is 1. The van der Waals surface area contributed by atoms with Gasteiger partial charge in [-0.3, -0.25) is 0 Å². The van der Waals surface area contributed by atoms with E-state index >= 15 is 0 Å². The molecule has 0 amide bonds. The molecule has 0 aliphatic carbocycles. The van der Waals surface area contributed by atoms with Crippen LogP contribution in [0, 0.1) is 5.82 Å². The summed E-state index contributed by atoms with van der Waals surface area (Å²) < 4.78 is 52.0. The van der Waals surface area contributed by atoms with Crippen molar-refractivity contribution in [2.45, 2.75) is 26.1 Å². The maximum atomic E-state index is 13.1. The second kappa shape index (κ2) is 6.53. The third kappa shape index (κ3) is 4.01. The minimum atomic E-state index is -4.61. The Bertz CT molecular complexity index is 607. The van der Waals surface area contributed by atoms with Gasteiger partial charge in [-0.25, -0.2) is 9.37 Å². The Morgan fingerprint density at radius 3 is 2.71 bits per heavy atom. The number of hydrogen-bond acceptors (Lipinski definition) is 3. The van der Waals surface area contributed by atoms with Crippen LogP contribution in [-0.4, -0.2) is 11.5 Å². The summed E-state index contributed by atoms with van der Waals surface area (Å²) in [5, 5.41) is 5.09. The molecule has 0 aliphatic heterocycles. The Balaban J connectivity index is 2.30. The van der Waals surface area contributed by atoms with Gasteiger partial charge >= 0.3 is 6.18 Å². The predicted molar refractivity (Wildman–Crippen MR) is 74.5 cm³/mol. The fourth-order valence-corrected chi connectivity index (χ4v) is 2.70.